The van der Waals surface area contributed by atoms with Crippen LogP contribution in [0.25, 0.3) is 0 Å². The molecule has 6 heteroatoms. The lowest BCUT2D eigenvalue weighted by molar-refractivity contribution is -0.143. The van der Waals surface area contributed by atoms with Gasteiger partial charge in [0.25, 0.3) is 0 Å². The molecule has 0 saturated carbocycles. The summed E-state index contributed by atoms with van der Waals surface area (Å²) in [6.45, 7) is 1.75. The first-order valence-electron chi connectivity index (χ1n) is 5.94. The second-order valence-corrected chi connectivity index (χ2v) is 4.70. The van der Waals surface area contributed by atoms with E-state index in [4.69, 9.17) is 27.4 Å². The number of benzene rings is 1. The van der Waals surface area contributed by atoms with E-state index in [9.17, 15) is 4.79 Å². The third-order valence-corrected chi connectivity index (χ3v) is 3.25. The Morgan fingerprint density at radius 2 is 2.37 bits per heavy atom. The first-order valence-corrected chi connectivity index (χ1v) is 6.35. The van der Waals surface area contributed by atoms with Crippen molar-refractivity contribution in [3.05, 3.63) is 29.3 Å². The minimum atomic E-state index is -0.0194. The van der Waals surface area contributed by atoms with Gasteiger partial charge in [-0.3, -0.25) is 4.79 Å². The SMILES string of the molecule is COc1ccc(C(N)=S)cc1CN1CCOCC1=O. The van der Waals surface area contributed by atoms with Crippen LogP contribution in [0.2, 0.25) is 0 Å². The van der Waals surface area contributed by atoms with Gasteiger partial charge in [-0.2, -0.15) is 0 Å². The maximum absolute atomic E-state index is 11.7. The number of hydrogen-bond acceptors (Lipinski definition) is 4. The Labute approximate surface area is 117 Å². The minimum Gasteiger partial charge on any atom is -0.496 e. The number of morpholine rings is 1. The maximum atomic E-state index is 11.7. The lowest BCUT2D eigenvalue weighted by Gasteiger charge is -2.27. The predicted octanol–water partition coefficient (Wildman–Crippen LogP) is 0.688. The van der Waals surface area contributed by atoms with Gasteiger partial charge in [0.2, 0.25) is 5.91 Å². The molecule has 19 heavy (non-hydrogen) atoms. The average molecular weight is 280 g/mol. The van der Waals surface area contributed by atoms with Crippen molar-refractivity contribution in [2.24, 2.45) is 5.73 Å². The van der Waals surface area contributed by atoms with E-state index < -0.39 is 0 Å². The lowest BCUT2D eigenvalue weighted by Crippen LogP contribution is -2.41. The molecule has 0 unspecified atom stereocenters. The number of nitrogens with two attached hydrogens (primary N) is 1. The van der Waals surface area contributed by atoms with Gasteiger partial charge in [0.15, 0.2) is 0 Å². The van der Waals surface area contributed by atoms with Crippen LogP contribution in [-0.2, 0) is 16.1 Å². The van der Waals surface area contributed by atoms with Crippen LogP contribution in [0.5, 0.6) is 5.75 Å². The van der Waals surface area contributed by atoms with Crippen molar-refractivity contribution >= 4 is 23.1 Å². The van der Waals surface area contributed by atoms with E-state index in [0.29, 0.717) is 24.7 Å². The highest BCUT2D eigenvalue weighted by atomic mass is 32.1. The van der Waals surface area contributed by atoms with Gasteiger partial charge in [-0.15, -0.1) is 0 Å². The Morgan fingerprint density at radius 3 is 3.00 bits per heavy atom. The van der Waals surface area contributed by atoms with Crippen molar-refractivity contribution < 1.29 is 14.3 Å². The van der Waals surface area contributed by atoms with Gasteiger partial charge in [-0.25, -0.2) is 0 Å². The molecule has 102 valence electrons. The Kier molecular flexibility index (Phi) is 4.34. The molecule has 0 radical (unpaired) electrons. The summed E-state index contributed by atoms with van der Waals surface area (Å²) in [5, 5.41) is 0. The zero-order valence-electron chi connectivity index (χ0n) is 10.7. The molecule has 1 aliphatic heterocycles. The predicted molar refractivity (Wildman–Crippen MR) is 75.1 cm³/mol. The number of nitrogens with zero attached hydrogens (tertiary/aromatic N) is 1. The number of thiocarbonyl (C=S) groups is 1. The summed E-state index contributed by atoms with van der Waals surface area (Å²) in [7, 11) is 1.60. The van der Waals surface area contributed by atoms with Crippen molar-refractivity contribution in [1.29, 1.82) is 0 Å². The van der Waals surface area contributed by atoms with Gasteiger partial charge in [0.05, 0.1) is 13.7 Å². The summed E-state index contributed by atoms with van der Waals surface area (Å²) in [6.07, 6.45) is 0. The molecule has 5 nitrogen and oxygen atoms in total. The smallest absolute Gasteiger partial charge is 0.248 e. The molecule has 0 spiro atoms. The number of carbonyl (C=O) groups excluding carboxylic acids is 1. The fourth-order valence-electron chi connectivity index (χ4n) is 1.98. The number of rotatable bonds is 4. The van der Waals surface area contributed by atoms with Gasteiger partial charge in [0, 0.05) is 24.2 Å². The molecular weight excluding hydrogens is 264 g/mol. The fraction of sp³-hybridized carbons (Fsp3) is 0.385. The first-order chi connectivity index (χ1) is 9.11. The van der Waals surface area contributed by atoms with Crippen molar-refractivity contribution in [1.82, 2.24) is 4.90 Å². The number of hydrogen-bond donors (Lipinski definition) is 1. The van der Waals surface area contributed by atoms with E-state index in [0.717, 1.165) is 16.9 Å². The molecule has 0 atom stereocenters. The Bertz CT molecular complexity index is 505. The highest BCUT2D eigenvalue weighted by molar-refractivity contribution is 7.80. The van der Waals surface area contributed by atoms with Crippen LogP contribution in [0.3, 0.4) is 0 Å². The second-order valence-electron chi connectivity index (χ2n) is 4.26. The zero-order chi connectivity index (χ0) is 13.8. The topological polar surface area (TPSA) is 64.8 Å². The molecule has 1 heterocycles. The standard InChI is InChI=1S/C13H16N2O3S/c1-17-11-3-2-9(13(14)19)6-10(11)7-15-4-5-18-8-12(15)16/h2-3,6H,4-5,7-8H2,1H3,(H2,14,19). The normalized spacial score (nSPS) is 15.4. The highest BCUT2D eigenvalue weighted by Crippen LogP contribution is 2.22. The molecule has 1 amide bonds. The summed E-state index contributed by atoms with van der Waals surface area (Å²) >= 11 is 4.97. The Hall–Kier alpha value is -1.66. The summed E-state index contributed by atoms with van der Waals surface area (Å²) in [6, 6.07) is 5.49. The lowest BCUT2D eigenvalue weighted by atomic mass is 10.1. The Balaban J connectivity index is 2.23. The largest absolute Gasteiger partial charge is 0.496 e. The monoisotopic (exact) mass is 280 g/mol. The first kappa shape index (κ1) is 13.8. The summed E-state index contributed by atoms with van der Waals surface area (Å²) < 4.78 is 10.4. The minimum absolute atomic E-state index is 0.0194. The summed E-state index contributed by atoms with van der Waals surface area (Å²) in [5.74, 6) is 0.702. The third kappa shape index (κ3) is 3.21. The van der Waals surface area contributed by atoms with E-state index in [1.807, 2.05) is 18.2 Å². The molecular formula is C13H16N2O3S. The summed E-state index contributed by atoms with van der Waals surface area (Å²) in [4.78, 5) is 13.8. The van der Waals surface area contributed by atoms with Crippen LogP contribution >= 0.6 is 12.2 Å². The number of ether oxygens (including phenoxy) is 2. The van der Waals surface area contributed by atoms with Gasteiger partial charge in [0.1, 0.15) is 17.3 Å². The number of amides is 1. The van der Waals surface area contributed by atoms with Gasteiger partial charge in [-0.1, -0.05) is 12.2 Å². The van der Waals surface area contributed by atoms with Crippen molar-refractivity contribution in [3.63, 3.8) is 0 Å². The molecule has 0 aromatic heterocycles. The summed E-state index contributed by atoms with van der Waals surface area (Å²) in [5.41, 5.74) is 7.29. The van der Waals surface area contributed by atoms with Crippen LogP contribution in [0.15, 0.2) is 18.2 Å². The van der Waals surface area contributed by atoms with Crippen LogP contribution < -0.4 is 10.5 Å². The second kappa shape index (κ2) is 5.99. The van der Waals surface area contributed by atoms with E-state index in [1.54, 1.807) is 12.0 Å². The maximum Gasteiger partial charge on any atom is 0.248 e. The van der Waals surface area contributed by atoms with Crippen LogP contribution in [0.1, 0.15) is 11.1 Å². The van der Waals surface area contributed by atoms with E-state index in [2.05, 4.69) is 0 Å². The van der Waals surface area contributed by atoms with Gasteiger partial charge >= 0.3 is 0 Å². The number of methoxy groups -OCH3 is 1. The quantitative estimate of drug-likeness (QED) is 0.822. The number of carbonyl (C=O) groups is 1. The molecule has 2 N–H and O–H groups in total. The Morgan fingerprint density at radius 1 is 1.58 bits per heavy atom. The van der Waals surface area contributed by atoms with Crippen molar-refractivity contribution in [2.45, 2.75) is 6.54 Å². The average Bonchev–Trinajstić information content (AvgIpc) is 2.41. The molecule has 1 aromatic rings. The van der Waals surface area contributed by atoms with Crippen LogP contribution in [0.4, 0.5) is 0 Å². The van der Waals surface area contributed by atoms with E-state index in [-0.39, 0.29) is 12.5 Å². The molecule has 1 aromatic carbocycles. The van der Waals surface area contributed by atoms with E-state index >= 15 is 0 Å². The molecule has 0 bridgehead atoms. The van der Waals surface area contributed by atoms with Gasteiger partial charge in [-0.05, 0) is 18.2 Å². The molecule has 0 aliphatic carbocycles. The fourth-order valence-corrected chi connectivity index (χ4v) is 2.11. The van der Waals surface area contributed by atoms with Crippen LogP contribution in [-0.4, -0.2) is 42.7 Å². The highest BCUT2D eigenvalue weighted by Gasteiger charge is 2.20. The molecule has 1 fully saturated rings. The molecule has 1 aliphatic rings. The molecule has 1 saturated heterocycles. The van der Waals surface area contributed by atoms with Crippen LogP contribution in [0, 0.1) is 0 Å². The van der Waals surface area contributed by atoms with Crippen molar-refractivity contribution in [3.8, 4) is 5.75 Å². The zero-order valence-corrected chi connectivity index (χ0v) is 11.5. The third-order valence-electron chi connectivity index (χ3n) is 3.01. The molecule has 2 rings (SSSR count). The van der Waals surface area contributed by atoms with Crippen molar-refractivity contribution in [2.75, 3.05) is 26.9 Å². The van der Waals surface area contributed by atoms with Gasteiger partial charge < -0.3 is 20.1 Å². The van der Waals surface area contributed by atoms with E-state index in [1.165, 1.54) is 0 Å².